The van der Waals surface area contributed by atoms with Crippen molar-refractivity contribution in [3.63, 3.8) is 0 Å². The molecule has 2 aliphatic rings. The molecule has 2 saturated carbocycles. The van der Waals surface area contributed by atoms with Crippen molar-refractivity contribution in [1.82, 2.24) is 15.1 Å². The predicted molar refractivity (Wildman–Crippen MR) is 74.3 cm³/mol. The lowest BCUT2D eigenvalue weighted by molar-refractivity contribution is 0.122. The SMILES string of the molecule is O=C(Nc1cnn(CC(F)F)c1)NC1CC12CCCCC2. The van der Waals surface area contributed by atoms with E-state index in [1.807, 2.05) is 0 Å². The van der Waals surface area contributed by atoms with Crippen LogP contribution >= 0.6 is 0 Å². The Morgan fingerprint density at radius 1 is 1.43 bits per heavy atom. The van der Waals surface area contributed by atoms with Crippen LogP contribution in [0, 0.1) is 5.41 Å². The van der Waals surface area contributed by atoms with Crippen LogP contribution in [0.15, 0.2) is 12.4 Å². The average Bonchev–Trinajstić information content (AvgIpc) is 2.87. The maximum Gasteiger partial charge on any atom is 0.319 e. The third-order valence-corrected chi connectivity index (χ3v) is 4.56. The molecule has 0 aliphatic heterocycles. The van der Waals surface area contributed by atoms with E-state index in [0.29, 0.717) is 11.1 Å². The van der Waals surface area contributed by atoms with Crippen LogP contribution in [0.4, 0.5) is 19.3 Å². The zero-order valence-corrected chi connectivity index (χ0v) is 11.8. The quantitative estimate of drug-likeness (QED) is 0.897. The van der Waals surface area contributed by atoms with Crippen molar-refractivity contribution in [2.75, 3.05) is 5.32 Å². The number of urea groups is 1. The Hall–Kier alpha value is -1.66. The van der Waals surface area contributed by atoms with Crippen LogP contribution < -0.4 is 10.6 Å². The number of carbonyl (C=O) groups excluding carboxylic acids is 1. The summed E-state index contributed by atoms with van der Waals surface area (Å²) in [6.45, 7) is -0.463. The molecule has 1 spiro atoms. The molecule has 0 bridgehead atoms. The topological polar surface area (TPSA) is 59.0 Å². The number of rotatable bonds is 4. The molecular formula is C14H20F2N4O. The minimum atomic E-state index is -2.45. The highest BCUT2D eigenvalue weighted by molar-refractivity contribution is 5.89. The summed E-state index contributed by atoms with van der Waals surface area (Å²) in [5, 5.41) is 9.41. The predicted octanol–water partition coefficient (Wildman–Crippen LogP) is 2.99. The molecule has 116 valence electrons. The number of alkyl halides is 2. The second-order valence-corrected chi connectivity index (χ2v) is 6.12. The van der Waals surface area contributed by atoms with Crippen LogP contribution in [-0.4, -0.2) is 28.3 Å². The summed E-state index contributed by atoms with van der Waals surface area (Å²) in [6, 6.07) is -0.0204. The average molecular weight is 298 g/mol. The third-order valence-electron chi connectivity index (χ3n) is 4.56. The van der Waals surface area contributed by atoms with E-state index in [1.165, 1.54) is 44.5 Å². The Labute approximate surface area is 122 Å². The second kappa shape index (κ2) is 5.61. The summed E-state index contributed by atoms with van der Waals surface area (Å²) in [5.41, 5.74) is 0.765. The Kier molecular flexibility index (Phi) is 3.82. The van der Waals surface area contributed by atoms with E-state index < -0.39 is 13.0 Å². The summed E-state index contributed by atoms with van der Waals surface area (Å²) in [4.78, 5) is 11.9. The maximum atomic E-state index is 12.2. The maximum absolute atomic E-state index is 12.2. The Balaban J connectivity index is 1.47. The summed E-state index contributed by atoms with van der Waals surface area (Å²) >= 11 is 0. The van der Waals surface area contributed by atoms with Crippen LogP contribution in [0.1, 0.15) is 38.5 Å². The lowest BCUT2D eigenvalue weighted by Gasteiger charge is -2.22. The van der Waals surface area contributed by atoms with Crippen molar-refractivity contribution < 1.29 is 13.6 Å². The first-order valence-corrected chi connectivity index (χ1v) is 7.46. The summed E-state index contributed by atoms with van der Waals surface area (Å²) < 4.78 is 25.6. The molecule has 0 radical (unpaired) electrons. The number of anilines is 1. The number of amides is 2. The minimum Gasteiger partial charge on any atom is -0.335 e. The number of hydrogen-bond donors (Lipinski definition) is 2. The van der Waals surface area contributed by atoms with Crippen LogP contribution in [0.25, 0.3) is 0 Å². The molecule has 1 aromatic rings. The van der Waals surface area contributed by atoms with Gasteiger partial charge in [0.15, 0.2) is 0 Å². The zero-order chi connectivity index (χ0) is 14.9. The van der Waals surface area contributed by atoms with Crippen molar-refractivity contribution >= 4 is 11.7 Å². The molecule has 5 nitrogen and oxygen atoms in total. The highest BCUT2D eigenvalue weighted by Crippen LogP contribution is 2.56. The van der Waals surface area contributed by atoms with Crippen LogP contribution in [0.2, 0.25) is 0 Å². The lowest BCUT2D eigenvalue weighted by Crippen LogP contribution is -2.34. The van der Waals surface area contributed by atoms with E-state index in [2.05, 4.69) is 15.7 Å². The molecule has 2 N–H and O–H groups in total. The van der Waals surface area contributed by atoms with Crippen molar-refractivity contribution in [3.05, 3.63) is 12.4 Å². The molecule has 0 saturated heterocycles. The first kappa shape index (κ1) is 14.3. The first-order valence-electron chi connectivity index (χ1n) is 7.46. The number of nitrogens with zero attached hydrogens (tertiary/aromatic N) is 2. The van der Waals surface area contributed by atoms with Crippen molar-refractivity contribution in [1.29, 1.82) is 0 Å². The van der Waals surface area contributed by atoms with Crippen molar-refractivity contribution in [2.24, 2.45) is 5.41 Å². The fourth-order valence-electron chi connectivity index (χ4n) is 3.36. The van der Waals surface area contributed by atoms with E-state index in [4.69, 9.17) is 0 Å². The van der Waals surface area contributed by atoms with Gasteiger partial charge in [0.25, 0.3) is 6.43 Å². The van der Waals surface area contributed by atoms with Crippen LogP contribution in [0.3, 0.4) is 0 Å². The summed E-state index contributed by atoms with van der Waals surface area (Å²) in [6.07, 6.45) is 7.59. The molecule has 7 heteroatoms. The van der Waals surface area contributed by atoms with Crippen LogP contribution in [0.5, 0.6) is 0 Å². The number of hydrogen-bond acceptors (Lipinski definition) is 2. The van der Waals surface area contributed by atoms with Gasteiger partial charge in [0.2, 0.25) is 0 Å². The Morgan fingerprint density at radius 3 is 2.90 bits per heavy atom. The number of carbonyl (C=O) groups is 1. The summed E-state index contributed by atoms with van der Waals surface area (Å²) in [7, 11) is 0. The van der Waals surface area contributed by atoms with Crippen molar-refractivity contribution in [3.8, 4) is 0 Å². The van der Waals surface area contributed by atoms with E-state index in [0.717, 1.165) is 11.1 Å². The molecule has 1 atom stereocenters. The fraction of sp³-hybridized carbons (Fsp3) is 0.714. The van der Waals surface area contributed by atoms with Gasteiger partial charge in [-0.1, -0.05) is 19.3 Å². The summed E-state index contributed by atoms with van der Waals surface area (Å²) in [5.74, 6) is 0. The number of halogens is 2. The third kappa shape index (κ3) is 3.33. The van der Waals surface area contributed by atoms with Gasteiger partial charge in [-0.05, 0) is 24.7 Å². The van der Waals surface area contributed by atoms with Gasteiger partial charge in [-0.2, -0.15) is 5.10 Å². The molecule has 1 heterocycles. The fourth-order valence-corrected chi connectivity index (χ4v) is 3.36. The van der Waals surface area contributed by atoms with Gasteiger partial charge in [0.05, 0.1) is 11.9 Å². The monoisotopic (exact) mass is 298 g/mol. The highest BCUT2D eigenvalue weighted by atomic mass is 19.3. The van der Waals surface area contributed by atoms with Gasteiger partial charge in [-0.15, -0.1) is 0 Å². The molecule has 1 aromatic heterocycles. The van der Waals surface area contributed by atoms with E-state index >= 15 is 0 Å². The molecule has 2 aliphatic carbocycles. The Bertz CT molecular complexity index is 511. The van der Waals surface area contributed by atoms with Gasteiger partial charge < -0.3 is 10.6 Å². The normalized spacial score (nSPS) is 23.3. The van der Waals surface area contributed by atoms with Crippen molar-refractivity contribution in [2.45, 2.75) is 57.5 Å². The second-order valence-electron chi connectivity index (χ2n) is 6.12. The molecule has 1 unspecified atom stereocenters. The molecule has 2 amide bonds. The smallest absolute Gasteiger partial charge is 0.319 e. The molecule has 21 heavy (non-hydrogen) atoms. The van der Waals surface area contributed by atoms with E-state index in [1.54, 1.807) is 0 Å². The minimum absolute atomic E-state index is 0.258. The number of nitrogens with one attached hydrogen (secondary N) is 2. The standard InChI is InChI=1S/C14H20F2N4O/c15-12(16)9-20-8-10(7-17-20)18-13(21)19-11-6-14(11)4-2-1-3-5-14/h7-8,11-12H,1-6,9H2,(H2,18,19,21). The van der Waals surface area contributed by atoms with E-state index in [9.17, 15) is 13.6 Å². The molecule has 0 aromatic carbocycles. The van der Waals surface area contributed by atoms with Crippen LogP contribution in [-0.2, 0) is 6.54 Å². The van der Waals surface area contributed by atoms with Gasteiger partial charge >= 0.3 is 6.03 Å². The largest absolute Gasteiger partial charge is 0.335 e. The molecule has 3 rings (SSSR count). The Morgan fingerprint density at radius 2 is 2.19 bits per heavy atom. The first-order chi connectivity index (χ1) is 10.1. The van der Waals surface area contributed by atoms with Gasteiger partial charge in [-0.3, -0.25) is 4.68 Å². The molecular weight excluding hydrogens is 278 g/mol. The lowest BCUT2D eigenvalue weighted by atomic mass is 9.86. The molecule has 2 fully saturated rings. The van der Waals surface area contributed by atoms with Gasteiger partial charge in [-0.25, -0.2) is 13.6 Å². The van der Waals surface area contributed by atoms with E-state index in [-0.39, 0.29) is 12.1 Å². The van der Waals surface area contributed by atoms with Gasteiger partial charge in [0, 0.05) is 12.2 Å². The zero-order valence-electron chi connectivity index (χ0n) is 11.8. The number of aromatic nitrogens is 2. The highest BCUT2D eigenvalue weighted by Gasteiger charge is 2.54. The van der Waals surface area contributed by atoms with Gasteiger partial charge in [0.1, 0.15) is 6.54 Å².